The van der Waals surface area contributed by atoms with Crippen LogP contribution in [0.3, 0.4) is 0 Å². The van der Waals surface area contributed by atoms with Crippen molar-refractivity contribution in [2.75, 3.05) is 39.8 Å². The monoisotopic (exact) mass is 382 g/mol. The molecule has 1 saturated heterocycles. The number of hydrogen-bond donors (Lipinski definition) is 2. The van der Waals surface area contributed by atoms with E-state index in [9.17, 15) is 0 Å². The zero-order valence-electron chi connectivity index (χ0n) is 12.7. The highest BCUT2D eigenvalue weighted by molar-refractivity contribution is 14.0. The van der Waals surface area contributed by atoms with Crippen molar-refractivity contribution in [1.82, 2.24) is 15.5 Å². The fraction of sp³-hybridized carbons (Fsp3) is 0.929. The molecule has 1 fully saturated rings. The number of aliphatic imine (C=N–C) groups is 1. The SMILES string of the molecule is CCCCCNC(=NC)NCC1CCN(CC)C1.I. The number of nitrogens with one attached hydrogen (secondary N) is 2. The van der Waals surface area contributed by atoms with E-state index in [1.165, 1.54) is 45.3 Å². The molecule has 1 heterocycles. The van der Waals surface area contributed by atoms with Crippen LogP contribution in [0.15, 0.2) is 4.99 Å². The van der Waals surface area contributed by atoms with Gasteiger partial charge in [-0.15, -0.1) is 24.0 Å². The average molecular weight is 382 g/mol. The first-order valence-corrected chi connectivity index (χ1v) is 7.47. The van der Waals surface area contributed by atoms with Crippen LogP contribution in [0.25, 0.3) is 0 Å². The lowest BCUT2D eigenvalue weighted by Gasteiger charge is -2.16. The molecule has 0 aromatic heterocycles. The molecule has 1 rings (SSSR count). The molecule has 0 radical (unpaired) electrons. The quantitative estimate of drug-likeness (QED) is 0.307. The van der Waals surface area contributed by atoms with E-state index in [1.54, 1.807) is 0 Å². The number of nitrogens with zero attached hydrogens (tertiary/aromatic N) is 2. The number of unbranched alkanes of at least 4 members (excludes halogenated alkanes) is 2. The minimum absolute atomic E-state index is 0. The predicted octanol–water partition coefficient (Wildman–Crippen LogP) is 2.30. The second-order valence-electron chi connectivity index (χ2n) is 5.13. The van der Waals surface area contributed by atoms with Crippen LogP contribution in [0.5, 0.6) is 0 Å². The highest BCUT2D eigenvalue weighted by Crippen LogP contribution is 2.14. The van der Waals surface area contributed by atoms with Gasteiger partial charge in [-0.1, -0.05) is 26.7 Å². The maximum Gasteiger partial charge on any atom is 0.190 e. The van der Waals surface area contributed by atoms with E-state index in [1.807, 2.05) is 7.05 Å². The van der Waals surface area contributed by atoms with Crippen molar-refractivity contribution in [1.29, 1.82) is 0 Å². The van der Waals surface area contributed by atoms with Crippen molar-refractivity contribution >= 4 is 29.9 Å². The Bertz CT molecular complexity index is 246. The summed E-state index contributed by atoms with van der Waals surface area (Å²) in [6, 6.07) is 0. The lowest BCUT2D eigenvalue weighted by atomic mass is 10.1. The second-order valence-corrected chi connectivity index (χ2v) is 5.13. The summed E-state index contributed by atoms with van der Waals surface area (Å²) in [7, 11) is 1.85. The van der Waals surface area contributed by atoms with Crippen LogP contribution in [0.4, 0.5) is 0 Å². The van der Waals surface area contributed by atoms with E-state index in [4.69, 9.17) is 0 Å². The van der Waals surface area contributed by atoms with Crippen LogP contribution in [-0.4, -0.2) is 50.6 Å². The van der Waals surface area contributed by atoms with Gasteiger partial charge in [0.2, 0.25) is 0 Å². The molecule has 0 amide bonds. The number of guanidine groups is 1. The summed E-state index contributed by atoms with van der Waals surface area (Å²) in [6.07, 6.45) is 5.10. The van der Waals surface area contributed by atoms with Gasteiger partial charge >= 0.3 is 0 Å². The van der Waals surface area contributed by atoms with Crippen molar-refractivity contribution in [2.24, 2.45) is 10.9 Å². The molecule has 1 aliphatic heterocycles. The van der Waals surface area contributed by atoms with Gasteiger partial charge in [0.05, 0.1) is 0 Å². The Morgan fingerprint density at radius 2 is 2.05 bits per heavy atom. The highest BCUT2D eigenvalue weighted by Gasteiger charge is 2.20. The van der Waals surface area contributed by atoms with Crippen LogP contribution in [0.1, 0.15) is 39.5 Å². The van der Waals surface area contributed by atoms with Gasteiger partial charge in [-0.05, 0) is 31.8 Å². The summed E-state index contributed by atoms with van der Waals surface area (Å²) in [5.74, 6) is 1.74. The van der Waals surface area contributed by atoms with Gasteiger partial charge in [0, 0.05) is 26.7 Å². The molecular formula is C14H31IN4. The second kappa shape index (κ2) is 11.8. The topological polar surface area (TPSA) is 39.7 Å². The summed E-state index contributed by atoms with van der Waals surface area (Å²) in [4.78, 5) is 6.78. The Kier molecular flexibility index (Phi) is 11.7. The van der Waals surface area contributed by atoms with Gasteiger partial charge in [0.1, 0.15) is 0 Å². The fourth-order valence-electron chi connectivity index (χ4n) is 2.41. The Balaban J connectivity index is 0.00000324. The zero-order chi connectivity index (χ0) is 13.2. The number of hydrogen-bond acceptors (Lipinski definition) is 2. The first kappa shape index (κ1) is 19.0. The average Bonchev–Trinajstić information content (AvgIpc) is 2.86. The maximum absolute atomic E-state index is 4.27. The molecule has 1 unspecified atom stereocenters. The number of likely N-dealkylation sites (tertiary alicyclic amines) is 1. The van der Waals surface area contributed by atoms with Gasteiger partial charge in [-0.2, -0.15) is 0 Å². The standard InChI is InChI=1S/C14H30N4.HI/c1-4-6-7-9-16-14(15-3)17-11-13-8-10-18(5-2)12-13;/h13H,4-12H2,1-3H3,(H2,15,16,17);1H. The maximum atomic E-state index is 4.27. The van der Waals surface area contributed by atoms with E-state index >= 15 is 0 Å². The van der Waals surface area contributed by atoms with E-state index in [-0.39, 0.29) is 24.0 Å². The van der Waals surface area contributed by atoms with Crippen molar-refractivity contribution in [3.63, 3.8) is 0 Å². The number of halogens is 1. The van der Waals surface area contributed by atoms with Gasteiger partial charge in [0.25, 0.3) is 0 Å². The van der Waals surface area contributed by atoms with Crippen LogP contribution >= 0.6 is 24.0 Å². The third-order valence-corrected chi connectivity index (χ3v) is 3.67. The van der Waals surface area contributed by atoms with E-state index in [0.717, 1.165) is 25.0 Å². The van der Waals surface area contributed by atoms with Crippen molar-refractivity contribution < 1.29 is 0 Å². The fourth-order valence-corrected chi connectivity index (χ4v) is 2.41. The van der Waals surface area contributed by atoms with Crippen LogP contribution < -0.4 is 10.6 Å². The first-order chi connectivity index (χ1) is 8.80. The highest BCUT2D eigenvalue weighted by atomic mass is 127. The zero-order valence-corrected chi connectivity index (χ0v) is 15.1. The molecule has 1 aliphatic rings. The van der Waals surface area contributed by atoms with Gasteiger partial charge in [-0.3, -0.25) is 4.99 Å². The van der Waals surface area contributed by atoms with Gasteiger partial charge < -0.3 is 15.5 Å². The van der Waals surface area contributed by atoms with Crippen LogP contribution in [0, 0.1) is 5.92 Å². The smallest absolute Gasteiger partial charge is 0.190 e. The Morgan fingerprint density at radius 1 is 1.26 bits per heavy atom. The summed E-state index contributed by atoms with van der Waals surface area (Å²) in [5.41, 5.74) is 0. The van der Waals surface area contributed by atoms with Gasteiger partial charge in [-0.25, -0.2) is 0 Å². The largest absolute Gasteiger partial charge is 0.356 e. The lowest BCUT2D eigenvalue weighted by Crippen LogP contribution is -2.40. The van der Waals surface area contributed by atoms with E-state index in [2.05, 4.69) is 34.4 Å². The summed E-state index contributed by atoms with van der Waals surface area (Å²) in [6.45, 7) is 10.2. The lowest BCUT2D eigenvalue weighted by molar-refractivity contribution is 0.342. The normalized spacial score (nSPS) is 20.2. The number of rotatable bonds is 7. The molecule has 0 aromatic carbocycles. The molecular weight excluding hydrogens is 351 g/mol. The van der Waals surface area contributed by atoms with Crippen molar-refractivity contribution in [2.45, 2.75) is 39.5 Å². The van der Waals surface area contributed by atoms with Crippen LogP contribution in [-0.2, 0) is 0 Å². The Hall–Kier alpha value is -0.0400. The summed E-state index contributed by atoms with van der Waals surface area (Å²) in [5, 5.41) is 6.82. The van der Waals surface area contributed by atoms with E-state index in [0.29, 0.717) is 0 Å². The van der Waals surface area contributed by atoms with Gasteiger partial charge in [0.15, 0.2) is 5.96 Å². The van der Waals surface area contributed by atoms with E-state index < -0.39 is 0 Å². The third kappa shape index (κ3) is 7.97. The summed E-state index contributed by atoms with van der Waals surface area (Å²) < 4.78 is 0. The minimum Gasteiger partial charge on any atom is -0.356 e. The molecule has 19 heavy (non-hydrogen) atoms. The third-order valence-electron chi connectivity index (χ3n) is 3.67. The molecule has 114 valence electrons. The molecule has 0 aromatic rings. The molecule has 0 bridgehead atoms. The van der Waals surface area contributed by atoms with Crippen molar-refractivity contribution in [3.05, 3.63) is 0 Å². The molecule has 2 N–H and O–H groups in total. The first-order valence-electron chi connectivity index (χ1n) is 7.47. The predicted molar refractivity (Wildman–Crippen MR) is 94.5 cm³/mol. The Morgan fingerprint density at radius 3 is 2.63 bits per heavy atom. The molecule has 1 atom stereocenters. The molecule has 0 aliphatic carbocycles. The van der Waals surface area contributed by atoms with Crippen molar-refractivity contribution in [3.8, 4) is 0 Å². The molecule has 5 heteroatoms. The molecule has 0 saturated carbocycles. The summed E-state index contributed by atoms with van der Waals surface area (Å²) >= 11 is 0. The molecule has 0 spiro atoms. The minimum atomic E-state index is 0. The Labute approximate surface area is 135 Å². The van der Waals surface area contributed by atoms with Crippen LogP contribution in [0.2, 0.25) is 0 Å². The molecule has 4 nitrogen and oxygen atoms in total.